The van der Waals surface area contributed by atoms with Crippen molar-refractivity contribution < 1.29 is 8.78 Å². The van der Waals surface area contributed by atoms with Crippen LogP contribution in [0.15, 0.2) is 29.5 Å². The lowest BCUT2D eigenvalue weighted by Crippen LogP contribution is -2.37. The average molecular weight is 375 g/mol. The minimum Gasteiger partial charge on any atom is -0.356 e. The van der Waals surface area contributed by atoms with Crippen molar-refractivity contribution in [3.63, 3.8) is 0 Å². The van der Waals surface area contributed by atoms with Crippen molar-refractivity contribution in [2.75, 3.05) is 18.0 Å². The summed E-state index contributed by atoms with van der Waals surface area (Å²) in [6.45, 7) is 2.24. The number of alkyl halides is 2. The highest BCUT2D eigenvalue weighted by Gasteiger charge is 2.25. The first kappa shape index (κ1) is 18.0. The molecule has 0 unspecified atom stereocenters. The van der Waals surface area contributed by atoms with Gasteiger partial charge in [-0.3, -0.25) is 9.36 Å². The summed E-state index contributed by atoms with van der Waals surface area (Å²) in [4.78, 5) is 27.1. The minimum atomic E-state index is -2.71. The Kier molecular flexibility index (Phi) is 5.13. The fraction of sp³-hybridized carbons (Fsp3) is 0.579. The van der Waals surface area contributed by atoms with E-state index < -0.39 is 17.7 Å². The van der Waals surface area contributed by atoms with E-state index in [0.717, 1.165) is 43.6 Å². The Labute approximate surface area is 156 Å². The van der Waals surface area contributed by atoms with E-state index in [1.54, 1.807) is 0 Å². The zero-order chi connectivity index (χ0) is 18.8. The molecule has 1 aliphatic heterocycles. The fourth-order valence-corrected chi connectivity index (χ4v) is 3.72. The maximum Gasteiger partial charge on any atom is 0.280 e. The molecular weight excluding hydrogens is 352 g/mol. The average Bonchev–Trinajstić information content (AvgIpc) is 2.63. The highest BCUT2D eigenvalue weighted by Crippen LogP contribution is 2.35. The molecule has 1 aliphatic carbocycles. The molecule has 0 radical (unpaired) electrons. The first-order valence-corrected chi connectivity index (χ1v) is 9.52. The molecule has 8 heteroatoms. The Bertz CT molecular complexity index is 844. The van der Waals surface area contributed by atoms with Crippen molar-refractivity contribution in [1.29, 1.82) is 0 Å². The number of hydrogen-bond acceptors (Lipinski definition) is 5. The third-order valence-corrected chi connectivity index (χ3v) is 5.65. The lowest BCUT2D eigenvalue weighted by molar-refractivity contribution is 0.145. The zero-order valence-electron chi connectivity index (χ0n) is 15.1. The monoisotopic (exact) mass is 375 g/mol. The standard InChI is InChI=1S/C19H23F2N5O/c20-18(21)15-10-17(27)26(12-23-15)11-13-5-8-25(9-6-13)16-4-7-22-19(24-16)14-2-1-3-14/h4,7,10,12-14,18H,1-3,5-6,8-9,11H2. The third kappa shape index (κ3) is 3.99. The molecule has 27 heavy (non-hydrogen) atoms. The van der Waals surface area contributed by atoms with Gasteiger partial charge in [0.1, 0.15) is 17.3 Å². The first-order chi connectivity index (χ1) is 13.1. The van der Waals surface area contributed by atoms with Crippen molar-refractivity contribution >= 4 is 5.82 Å². The van der Waals surface area contributed by atoms with Gasteiger partial charge in [-0.2, -0.15) is 0 Å². The van der Waals surface area contributed by atoms with E-state index in [1.165, 1.54) is 30.2 Å². The number of aromatic nitrogens is 4. The molecule has 0 amide bonds. The molecule has 2 aliphatic rings. The summed E-state index contributed by atoms with van der Waals surface area (Å²) in [6, 6.07) is 2.89. The number of anilines is 1. The van der Waals surface area contributed by atoms with Crippen LogP contribution in [0.4, 0.5) is 14.6 Å². The van der Waals surface area contributed by atoms with E-state index in [1.807, 2.05) is 12.3 Å². The summed E-state index contributed by atoms with van der Waals surface area (Å²) >= 11 is 0. The molecule has 0 bridgehead atoms. The predicted molar refractivity (Wildman–Crippen MR) is 97.0 cm³/mol. The van der Waals surface area contributed by atoms with E-state index in [9.17, 15) is 13.6 Å². The molecule has 3 heterocycles. The Balaban J connectivity index is 1.36. The van der Waals surface area contributed by atoms with Gasteiger partial charge in [-0.15, -0.1) is 0 Å². The Morgan fingerprint density at radius 2 is 1.93 bits per heavy atom. The molecule has 2 aromatic rings. The van der Waals surface area contributed by atoms with Gasteiger partial charge in [-0.05, 0) is 37.7 Å². The van der Waals surface area contributed by atoms with Crippen molar-refractivity contribution in [3.8, 4) is 0 Å². The molecule has 0 spiro atoms. The molecule has 1 saturated carbocycles. The van der Waals surface area contributed by atoms with E-state index in [0.29, 0.717) is 18.4 Å². The maximum absolute atomic E-state index is 12.6. The molecule has 144 valence electrons. The summed E-state index contributed by atoms with van der Waals surface area (Å²) < 4.78 is 26.7. The quantitative estimate of drug-likeness (QED) is 0.803. The number of halogens is 2. The smallest absolute Gasteiger partial charge is 0.280 e. The van der Waals surface area contributed by atoms with Gasteiger partial charge in [-0.1, -0.05) is 6.42 Å². The van der Waals surface area contributed by atoms with Gasteiger partial charge in [0.25, 0.3) is 12.0 Å². The molecule has 2 aromatic heterocycles. The number of nitrogens with zero attached hydrogens (tertiary/aromatic N) is 5. The van der Waals surface area contributed by atoms with E-state index in [4.69, 9.17) is 4.98 Å². The van der Waals surface area contributed by atoms with Gasteiger partial charge in [0, 0.05) is 37.8 Å². The molecular formula is C19H23F2N5O. The van der Waals surface area contributed by atoms with Crippen LogP contribution in [0.1, 0.15) is 56.0 Å². The van der Waals surface area contributed by atoms with Gasteiger partial charge in [0.15, 0.2) is 0 Å². The summed E-state index contributed by atoms with van der Waals surface area (Å²) in [6.07, 6.45) is 5.84. The molecule has 1 saturated heterocycles. The van der Waals surface area contributed by atoms with E-state index in [2.05, 4.69) is 14.9 Å². The van der Waals surface area contributed by atoms with Crippen LogP contribution in [-0.2, 0) is 6.54 Å². The molecule has 4 rings (SSSR count). The van der Waals surface area contributed by atoms with Crippen LogP contribution in [-0.4, -0.2) is 32.6 Å². The Hall–Kier alpha value is -2.38. The minimum absolute atomic E-state index is 0.325. The SMILES string of the molecule is O=c1cc(C(F)F)ncn1CC1CCN(c2ccnc(C3CCC3)n2)CC1. The number of piperidine rings is 1. The summed E-state index contributed by atoms with van der Waals surface area (Å²) in [5.74, 6) is 2.77. The second-order valence-corrected chi connectivity index (χ2v) is 7.44. The highest BCUT2D eigenvalue weighted by atomic mass is 19.3. The van der Waals surface area contributed by atoms with Crippen LogP contribution in [0.25, 0.3) is 0 Å². The summed E-state index contributed by atoms with van der Waals surface area (Å²) in [5, 5.41) is 0. The first-order valence-electron chi connectivity index (χ1n) is 9.52. The lowest BCUT2D eigenvalue weighted by Gasteiger charge is -2.33. The Morgan fingerprint density at radius 3 is 2.56 bits per heavy atom. The molecule has 0 N–H and O–H groups in total. The molecule has 0 aromatic carbocycles. The van der Waals surface area contributed by atoms with Crippen LogP contribution < -0.4 is 10.5 Å². The van der Waals surface area contributed by atoms with Crippen LogP contribution >= 0.6 is 0 Å². The van der Waals surface area contributed by atoms with Crippen LogP contribution in [0.2, 0.25) is 0 Å². The van der Waals surface area contributed by atoms with Gasteiger partial charge < -0.3 is 4.90 Å². The van der Waals surface area contributed by atoms with Crippen LogP contribution in [0.5, 0.6) is 0 Å². The van der Waals surface area contributed by atoms with Gasteiger partial charge in [0.05, 0.1) is 6.33 Å². The Morgan fingerprint density at radius 1 is 1.15 bits per heavy atom. The predicted octanol–water partition coefficient (Wildman–Crippen LogP) is 3.16. The van der Waals surface area contributed by atoms with Crippen LogP contribution in [0, 0.1) is 5.92 Å². The summed E-state index contributed by atoms with van der Waals surface area (Å²) in [7, 11) is 0. The van der Waals surface area contributed by atoms with Gasteiger partial charge in [0.2, 0.25) is 0 Å². The van der Waals surface area contributed by atoms with Gasteiger partial charge in [-0.25, -0.2) is 23.7 Å². The van der Waals surface area contributed by atoms with Crippen molar-refractivity contribution in [2.24, 2.45) is 5.92 Å². The lowest BCUT2D eigenvalue weighted by atomic mass is 9.85. The normalized spacial score (nSPS) is 18.7. The van der Waals surface area contributed by atoms with Gasteiger partial charge >= 0.3 is 0 Å². The van der Waals surface area contributed by atoms with E-state index in [-0.39, 0.29) is 0 Å². The largest absolute Gasteiger partial charge is 0.356 e. The number of hydrogen-bond donors (Lipinski definition) is 0. The van der Waals surface area contributed by atoms with Crippen molar-refractivity contribution in [1.82, 2.24) is 19.5 Å². The maximum atomic E-state index is 12.6. The van der Waals surface area contributed by atoms with Crippen molar-refractivity contribution in [2.45, 2.75) is 51.0 Å². The second-order valence-electron chi connectivity index (χ2n) is 7.44. The van der Waals surface area contributed by atoms with Crippen LogP contribution in [0.3, 0.4) is 0 Å². The zero-order valence-corrected chi connectivity index (χ0v) is 15.1. The number of rotatable bonds is 5. The van der Waals surface area contributed by atoms with E-state index >= 15 is 0 Å². The van der Waals surface area contributed by atoms with Crippen molar-refractivity contribution in [3.05, 3.63) is 46.5 Å². The molecule has 2 fully saturated rings. The fourth-order valence-electron chi connectivity index (χ4n) is 3.72. The molecule has 0 atom stereocenters. The topological polar surface area (TPSA) is 63.9 Å². The summed E-state index contributed by atoms with van der Waals surface area (Å²) in [5.41, 5.74) is -0.874. The third-order valence-electron chi connectivity index (χ3n) is 5.65. The highest BCUT2D eigenvalue weighted by molar-refractivity contribution is 5.38. The molecule has 6 nitrogen and oxygen atoms in total. The second kappa shape index (κ2) is 7.70.